The van der Waals surface area contributed by atoms with Gasteiger partial charge in [-0.1, -0.05) is 13.3 Å². The van der Waals surface area contributed by atoms with Crippen LogP contribution in [-0.4, -0.2) is 47.3 Å². The molecule has 0 aliphatic carbocycles. The summed E-state index contributed by atoms with van der Waals surface area (Å²) >= 11 is 0. The van der Waals surface area contributed by atoms with Crippen molar-refractivity contribution in [3.8, 4) is 0 Å². The number of aliphatic hydroxyl groups is 1. The quantitative estimate of drug-likeness (QED) is 0.748. The fraction of sp³-hybridized carbons (Fsp3) is 1.00. The molecule has 0 aromatic heterocycles. The van der Waals surface area contributed by atoms with Crippen molar-refractivity contribution >= 4 is 0 Å². The molecule has 3 atom stereocenters. The van der Waals surface area contributed by atoms with Crippen LogP contribution in [0.2, 0.25) is 0 Å². The number of aliphatic hydroxyl groups excluding tert-OH is 1. The summed E-state index contributed by atoms with van der Waals surface area (Å²) in [5.41, 5.74) is -0.157. The van der Waals surface area contributed by atoms with Crippen LogP contribution in [0.3, 0.4) is 0 Å². The first-order chi connectivity index (χ1) is 8.02. The minimum Gasteiger partial charge on any atom is -0.394 e. The molecule has 1 saturated heterocycles. The van der Waals surface area contributed by atoms with Crippen molar-refractivity contribution in [3.63, 3.8) is 0 Å². The Bertz CT molecular complexity index is 212. The van der Waals surface area contributed by atoms with Crippen LogP contribution in [0.4, 0.5) is 0 Å². The number of rotatable bonds is 6. The summed E-state index contributed by atoms with van der Waals surface area (Å²) in [5.74, 6) is 0. The van der Waals surface area contributed by atoms with Crippen molar-refractivity contribution in [2.75, 3.05) is 19.7 Å². The van der Waals surface area contributed by atoms with Gasteiger partial charge in [-0.05, 0) is 46.6 Å². The van der Waals surface area contributed by atoms with Crippen LogP contribution >= 0.6 is 0 Å². The third-order valence-corrected chi connectivity index (χ3v) is 4.06. The Balaban J connectivity index is 2.58. The molecule has 0 aromatic carbocycles. The van der Waals surface area contributed by atoms with E-state index in [1.165, 1.54) is 19.3 Å². The van der Waals surface area contributed by atoms with E-state index in [0.717, 1.165) is 19.5 Å². The highest BCUT2D eigenvalue weighted by Crippen LogP contribution is 2.24. The van der Waals surface area contributed by atoms with Crippen molar-refractivity contribution in [1.82, 2.24) is 10.2 Å². The van der Waals surface area contributed by atoms with Crippen LogP contribution in [0.1, 0.15) is 53.4 Å². The normalized spacial score (nSPS) is 30.2. The molecule has 3 unspecified atom stereocenters. The Morgan fingerprint density at radius 3 is 2.35 bits per heavy atom. The first-order valence-electron chi connectivity index (χ1n) is 7.14. The van der Waals surface area contributed by atoms with Gasteiger partial charge in [0.1, 0.15) is 0 Å². The first-order valence-corrected chi connectivity index (χ1v) is 7.14. The Kier molecular flexibility index (Phi) is 5.90. The lowest BCUT2D eigenvalue weighted by Gasteiger charge is -2.44. The molecule has 2 N–H and O–H groups in total. The largest absolute Gasteiger partial charge is 0.394 e. The van der Waals surface area contributed by atoms with Crippen LogP contribution in [0, 0.1) is 0 Å². The van der Waals surface area contributed by atoms with Crippen LogP contribution < -0.4 is 5.32 Å². The van der Waals surface area contributed by atoms with Gasteiger partial charge in [0.15, 0.2) is 0 Å². The van der Waals surface area contributed by atoms with Gasteiger partial charge in [-0.3, -0.25) is 4.90 Å². The zero-order valence-corrected chi connectivity index (χ0v) is 12.0. The lowest BCUT2D eigenvalue weighted by atomic mass is 9.93. The van der Waals surface area contributed by atoms with Gasteiger partial charge in [-0.2, -0.15) is 0 Å². The Morgan fingerprint density at radius 1 is 1.29 bits per heavy atom. The van der Waals surface area contributed by atoms with E-state index in [1.54, 1.807) is 0 Å². The van der Waals surface area contributed by atoms with Crippen molar-refractivity contribution in [2.45, 2.75) is 71.0 Å². The Morgan fingerprint density at radius 2 is 1.88 bits per heavy atom. The SMILES string of the molecule is CCCNC(C)(CO)CN1C(C)CCCC1C. The lowest BCUT2D eigenvalue weighted by Crippen LogP contribution is -2.58. The van der Waals surface area contributed by atoms with E-state index in [2.05, 4.69) is 37.9 Å². The highest BCUT2D eigenvalue weighted by molar-refractivity contribution is 4.91. The van der Waals surface area contributed by atoms with E-state index in [4.69, 9.17) is 0 Å². The molecule has 0 aromatic rings. The second kappa shape index (κ2) is 6.72. The number of likely N-dealkylation sites (tertiary alicyclic amines) is 1. The first kappa shape index (κ1) is 14.9. The van der Waals surface area contributed by atoms with Gasteiger partial charge in [-0.25, -0.2) is 0 Å². The predicted molar refractivity (Wildman–Crippen MR) is 73.3 cm³/mol. The van der Waals surface area contributed by atoms with E-state index < -0.39 is 0 Å². The second-order valence-corrected chi connectivity index (χ2v) is 5.95. The smallest absolute Gasteiger partial charge is 0.0623 e. The van der Waals surface area contributed by atoms with Crippen LogP contribution in [0.25, 0.3) is 0 Å². The maximum absolute atomic E-state index is 9.63. The Labute approximate surface area is 107 Å². The van der Waals surface area contributed by atoms with E-state index in [-0.39, 0.29) is 12.1 Å². The fourth-order valence-corrected chi connectivity index (χ4v) is 2.78. The average molecular weight is 242 g/mol. The van der Waals surface area contributed by atoms with Crippen molar-refractivity contribution in [3.05, 3.63) is 0 Å². The molecule has 1 rings (SSSR count). The fourth-order valence-electron chi connectivity index (χ4n) is 2.78. The number of hydrogen-bond acceptors (Lipinski definition) is 3. The molecular weight excluding hydrogens is 212 g/mol. The summed E-state index contributed by atoms with van der Waals surface area (Å²) in [7, 11) is 0. The molecule has 3 heteroatoms. The van der Waals surface area contributed by atoms with E-state index in [9.17, 15) is 5.11 Å². The topological polar surface area (TPSA) is 35.5 Å². The molecule has 3 nitrogen and oxygen atoms in total. The van der Waals surface area contributed by atoms with Gasteiger partial charge in [0.05, 0.1) is 12.1 Å². The molecule has 1 aliphatic rings. The highest BCUT2D eigenvalue weighted by Gasteiger charge is 2.32. The monoisotopic (exact) mass is 242 g/mol. The number of nitrogens with zero attached hydrogens (tertiary/aromatic N) is 1. The summed E-state index contributed by atoms with van der Waals surface area (Å²) in [5, 5.41) is 13.1. The molecule has 0 radical (unpaired) electrons. The molecule has 0 amide bonds. The maximum atomic E-state index is 9.63. The highest BCUT2D eigenvalue weighted by atomic mass is 16.3. The minimum atomic E-state index is -0.157. The summed E-state index contributed by atoms with van der Waals surface area (Å²) in [6, 6.07) is 1.29. The van der Waals surface area contributed by atoms with E-state index in [1.807, 2.05) is 0 Å². The Hall–Kier alpha value is -0.120. The molecule has 1 aliphatic heterocycles. The average Bonchev–Trinajstić information content (AvgIpc) is 2.32. The molecule has 1 fully saturated rings. The summed E-state index contributed by atoms with van der Waals surface area (Å²) in [6.07, 6.45) is 5.04. The number of nitrogens with one attached hydrogen (secondary N) is 1. The van der Waals surface area contributed by atoms with Gasteiger partial charge in [0.25, 0.3) is 0 Å². The molecule has 0 saturated carbocycles. The second-order valence-electron chi connectivity index (χ2n) is 5.95. The van der Waals surface area contributed by atoms with Gasteiger partial charge in [0.2, 0.25) is 0 Å². The summed E-state index contributed by atoms with van der Waals surface area (Å²) < 4.78 is 0. The van der Waals surface area contributed by atoms with Crippen LogP contribution in [0.15, 0.2) is 0 Å². The third-order valence-electron chi connectivity index (χ3n) is 4.06. The van der Waals surface area contributed by atoms with Gasteiger partial charge in [-0.15, -0.1) is 0 Å². The lowest BCUT2D eigenvalue weighted by molar-refractivity contribution is 0.0476. The molecule has 102 valence electrons. The van der Waals surface area contributed by atoms with Crippen molar-refractivity contribution in [1.29, 1.82) is 0 Å². The third kappa shape index (κ3) is 4.23. The van der Waals surface area contributed by atoms with Crippen molar-refractivity contribution < 1.29 is 5.11 Å². The zero-order chi connectivity index (χ0) is 12.9. The van der Waals surface area contributed by atoms with Crippen LogP contribution in [0.5, 0.6) is 0 Å². The predicted octanol–water partition coefficient (Wildman–Crippen LogP) is 2.00. The molecule has 0 spiro atoms. The van der Waals surface area contributed by atoms with Gasteiger partial charge >= 0.3 is 0 Å². The molecule has 17 heavy (non-hydrogen) atoms. The van der Waals surface area contributed by atoms with E-state index in [0.29, 0.717) is 12.1 Å². The van der Waals surface area contributed by atoms with Crippen molar-refractivity contribution in [2.24, 2.45) is 0 Å². The number of piperidine rings is 1. The maximum Gasteiger partial charge on any atom is 0.0623 e. The van der Waals surface area contributed by atoms with Gasteiger partial charge in [0, 0.05) is 18.6 Å². The molecular formula is C14H30N2O. The van der Waals surface area contributed by atoms with E-state index >= 15 is 0 Å². The van der Waals surface area contributed by atoms with Gasteiger partial charge < -0.3 is 10.4 Å². The zero-order valence-electron chi connectivity index (χ0n) is 12.0. The van der Waals surface area contributed by atoms with Crippen LogP contribution in [-0.2, 0) is 0 Å². The molecule has 0 bridgehead atoms. The summed E-state index contributed by atoms with van der Waals surface area (Å²) in [6.45, 7) is 11.1. The molecule has 1 heterocycles. The minimum absolute atomic E-state index is 0.157. The number of hydrogen-bond donors (Lipinski definition) is 2. The standard InChI is InChI=1S/C14H30N2O/c1-5-9-15-14(4,11-17)10-16-12(2)7-6-8-13(16)3/h12-13,15,17H,5-11H2,1-4H3. The summed E-state index contributed by atoms with van der Waals surface area (Å²) in [4.78, 5) is 2.56.